The molecule has 2 aromatic carbocycles. The van der Waals surface area contributed by atoms with Gasteiger partial charge < -0.3 is 10.1 Å². The highest BCUT2D eigenvalue weighted by Crippen LogP contribution is 2.31. The fraction of sp³-hybridized carbons (Fsp3) is 0.350. The third-order valence-electron chi connectivity index (χ3n) is 3.97. The molecule has 0 aromatic heterocycles. The number of carbonyl (C=O) groups is 1. The molecular weight excluding hydrogens is 343 g/mol. The Labute approximate surface area is 151 Å². The second-order valence-electron chi connectivity index (χ2n) is 6.06. The lowest BCUT2D eigenvalue weighted by molar-refractivity contribution is -0.147. The molecule has 0 heterocycles. The first-order chi connectivity index (χ1) is 12.3. The van der Waals surface area contributed by atoms with Crippen LogP contribution in [0.2, 0.25) is 0 Å². The average molecular weight is 365 g/mol. The predicted molar refractivity (Wildman–Crippen MR) is 94.4 cm³/mol. The molecule has 3 nitrogen and oxygen atoms in total. The van der Waals surface area contributed by atoms with E-state index in [1.807, 2.05) is 24.3 Å². The van der Waals surface area contributed by atoms with Gasteiger partial charge >= 0.3 is 12.1 Å². The first-order valence-electron chi connectivity index (χ1n) is 8.45. The zero-order chi connectivity index (χ0) is 19.2. The Bertz CT molecular complexity index is 709. The highest BCUT2D eigenvalue weighted by atomic mass is 19.4. The number of esters is 1. The van der Waals surface area contributed by atoms with Crippen molar-refractivity contribution < 1.29 is 22.7 Å². The molecule has 6 heteroatoms. The Kier molecular flexibility index (Phi) is 6.80. The highest BCUT2D eigenvalue weighted by molar-refractivity contribution is 5.72. The van der Waals surface area contributed by atoms with Gasteiger partial charge in [0.1, 0.15) is 0 Å². The van der Waals surface area contributed by atoms with E-state index in [4.69, 9.17) is 4.74 Å². The first kappa shape index (κ1) is 20.0. The van der Waals surface area contributed by atoms with E-state index < -0.39 is 11.7 Å². The maximum Gasteiger partial charge on any atom is 0.416 e. The Morgan fingerprint density at radius 3 is 2.08 bits per heavy atom. The third kappa shape index (κ3) is 5.59. The Balaban J connectivity index is 1.91. The molecule has 0 spiro atoms. The molecule has 0 bridgehead atoms. The smallest absolute Gasteiger partial charge is 0.416 e. The van der Waals surface area contributed by atoms with Crippen LogP contribution in [0.4, 0.5) is 13.2 Å². The fourth-order valence-corrected chi connectivity index (χ4v) is 2.47. The van der Waals surface area contributed by atoms with E-state index in [9.17, 15) is 18.0 Å². The highest BCUT2D eigenvalue weighted by Gasteiger charge is 2.29. The van der Waals surface area contributed by atoms with Gasteiger partial charge in [0, 0.05) is 13.1 Å². The molecule has 0 amide bonds. The fourth-order valence-electron chi connectivity index (χ4n) is 2.47. The molecule has 0 aliphatic rings. The summed E-state index contributed by atoms with van der Waals surface area (Å²) in [5.74, 6) is -0.445. The molecule has 0 aliphatic heterocycles. The van der Waals surface area contributed by atoms with Crippen molar-refractivity contribution in [3.8, 4) is 11.1 Å². The summed E-state index contributed by atoms with van der Waals surface area (Å²) in [6.07, 6.45) is -4.32. The van der Waals surface area contributed by atoms with E-state index in [2.05, 4.69) is 5.32 Å². The number of carbonyl (C=O) groups excluding carboxylic acids is 1. The van der Waals surface area contributed by atoms with Crippen LogP contribution in [-0.2, 0) is 22.3 Å². The van der Waals surface area contributed by atoms with Crippen LogP contribution in [0.1, 0.15) is 25.0 Å². The zero-order valence-electron chi connectivity index (χ0n) is 14.8. The maximum absolute atomic E-state index is 12.6. The Hall–Kier alpha value is -2.34. The SMILES string of the molecule is CCOC(=O)C(C)CNCc1ccc(-c2ccc(C(F)(F)F)cc2)cc1. The number of benzene rings is 2. The largest absolute Gasteiger partial charge is 0.466 e. The van der Waals surface area contributed by atoms with Crippen LogP contribution >= 0.6 is 0 Å². The number of rotatable bonds is 7. The number of halogens is 3. The number of hydrogen-bond donors (Lipinski definition) is 1. The summed E-state index contributed by atoms with van der Waals surface area (Å²) in [5.41, 5.74) is 1.95. The van der Waals surface area contributed by atoms with Gasteiger partial charge in [0.15, 0.2) is 0 Å². The summed E-state index contributed by atoms with van der Waals surface area (Å²) in [6.45, 7) is 5.06. The van der Waals surface area contributed by atoms with Gasteiger partial charge in [-0.1, -0.05) is 43.3 Å². The van der Waals surface area contributed by atoms with Gasteiger partial charge in [0.2, 0.25) is 0 Å². The van der Waals surface area contributed by atoms with Gasteiger partial charge in [-0.05, 0) is 35.7 Å². The Morgan fingerprint density at radius 1 is 1.04 bits per heavy atom. The summed E-state index contributed by atoms with van der Waals surface area (Å²) in [6, 6.07) is 12.7. The van der Waals surface area contributed by atoms with Crippen LogP contribution in [0.5, 0.6) is 0 Å². The van der Waals surface area contributed by atoms with E-state index >= 15 is 0 Å². The number of nitrogens with one attached hydrogen (secondary N) is 1. The van der Waals surface area contributed by atoms with Crippen molar-refractivity contribution >= 4 is 5.97 Å². The molecular formula is C20H22F3NO2. The molecule has 2 rings (SSSR count). The van der Waals surface area contributed by atoms with Crippen molar-refractivity contribution in [1.29, 1.82) is 0 Å². The maximum atomic E-state index is 12.6. The van der Waals surface area contributed by atoms with Gasteiger partial charge in [-0.3, -0.25) is 4.79 Å². The molecule has 1 atom stereocenters. The second kappa shape index (κ2) is 8.85. The lowest BCUT2D eigenvalue weighted by atomic mass is 10.0. The van der Waals surface area contributed by atoms with Crippen LogP contribution in [0.3, 0.4) is 0 Å². The number of hydrogen-bond acceptors (Lipinski definition) is 3. The normalized spacial score (nSPS) is 12.7. The van der Waals surface area contributed by atoms with Gasteiger partial charge in [0.05, 0.1) is 18.1 Å². The van der Waals surface area contributed by atoms with Crippen LogP contribution in [0.25, 0.3) is 11.1 Å². The number of ether oxygens (including phenoxy) is 1. The summed E-state index contributed by atoms with van der Waals surface area (Å²) >= 11 is 0. The topological polar surface area (TPSA) is 38.3 Å². The van der Waals surface area contributed by atoms with Crippen molar-refractivity contribution in [2.75, 3.05) is 13.2 Å². The summed E-state index contributed by atoms with van der Waals surface area (Å²) in [7, 11) is 0. The molecule has 0 saturated carbocycles. The van der Waals surface area contributed by atoms with Crippen LogP contribution in [0.15, 0.2) is 48.5 Å². The van der Waals surface area contributed by atoms with Crippen molar-refractivity contribution in [2.24, 2.45) is 5.92 Å². The molecule has 0 radical (unpaired) electrons. The zero-order valence-corrected chi connectivity index (χ0v) is 14.8. The predicted octanol–water partition coefficient (Wildman–Crippen LogP) is 4.66. The van der Waals surface area contributed by atoms with Crippen LogP contribution < -0.4 is 5.32 Å². The van der Waals surface area contributed by atoms with Crippen LogP contribution in [0, 0.1) is 5.92 Å². The average Bonchev–Trinajstić information content (AvgIpc) is 2.62. The first-order valence-corrected chi connectivity index (χ1v) is 8.45. The molecule has 2 aromatic rings. The third-order valence-corrected chi connectivity index (χ3v) is 3.97. The van der Waals surface area contributed by atoms with Crippen molar-refractivity contribution in [2.45, 2.75) is 26.6 Å². The van der Waals surface area contributed by atoms with Gasteiger partial charge in [0.25, 0.3) is 0 Å². The lowest BCUT2D eigenvalue weighted by Gasteiger charge is -2.12. The summed E-state index contributed by atoms with van der Waals surface area (Å²) < 4.78 is 42.8. The minimum atomic E-state index is -4.32. The van der Waals surface area contributed by atoms with E-state index in [0.717, 1.165) is 28.8 Å². The van der Waals surface area contributed by atoms with Gasteiger partial charge in [-0.25, -0.2) is 0 Å². The minimum absolute atomic E-state index is 0.221. The summed E-state index contributed by atoms with van der Waals surface area (Å²) in [5, 5.41) is 3.20. The molecule has 1 unspecified atom stereocenters. The second-order valence-corrected chi connectivity index (χ2v) is 6.06. The van der Waals surface area contributed by atoms with Gasteiger partial charge in [-0.15, -0.1) is 0 Å². The molecule has 26 heavy (non-hydrogen) atoms. The van der Waals surface area contributed by atoms with E-state index in [1.54, 1.807) is 13.8 Å². The van der Waals surface area contributed by atoms with Crippen molar-refractivity contribution in [1.82, 2.24) is 5.32 Å². The minimum Gasteiger partial charge on any atom is -0.466 e. The monoisotopic (exact) mass is 365 g/mol. The van der Waals surface area contributed by atoms with E-state index in [0.29, 0.717) is 19.7 Å². The molecule has 0 saturated heterocycles. The Morgan fingerprint density at radius 2 is 1.58 bits per heavy atom. The lowest BCUT2D eigenvalue weighted by Crippen LogP contribution is -2.27. The van der Waals surface area contributed by atoms with E-state index in [-0.39, 0.29) is 11.9 Å². The quantitative estimate of drug-likeness (QED) is 0.725. The summed E-state index contributed by atoms with van der Waals surface area (Å²) in [4.78, 5) is 11.5. The number of alkyl halides is 3. The van der Waals surface area contributed by atoms with E-state index in [1.165, 1.54) is 12.1 Å². The molecule has 0 aliphatic carbocycles. The standard InChI is InChI=1S/C20H22F3NO2/c1-3-26-19(25)14(2)12-24-13-15-4-6-16(7-5-15)17-8-10-18(11-9-17)20(21,22)23/h4-11,14,24H,3,12-13H2,1-2H3. The van der Waals surface area contributed by atoms with Crippen LogP contribution in [-0.4, -0.2) is 19.1 Å². The van der Waals surface area contributed by atoms with Crippen molar-refractivity contribution in [3.05, 3.63) is 59.7 Å². The van der Waals surface area contributed by atoms with Crippen molar-refractivity contribution in [3.63, 3.8) is 0 Å². The van der Waals surface area contributed by atoms with Gasteiger partial charge in [-0.2, -0.15) is 13.2 Å². The molecule has 140 valence electrons. The molecule has 1 N–H and O–H groups in total. The molecule has 0 fully saturated rings.